The summed E-state index contributed by atoms with van der Waals surface area (Å²) in [5.41, 5.74) is 4.17. The molecule has 0 aromatic heterocycles. The number of nitrogens with one attached hydrogen (secondary N) is 1. The largest absolute Gasteiger partial charge is 0.381 e. The number of hydrogen-bond acceptors (Lipinski definition) is 4. The summed E-state index contributed by atoms with van der Waals surface area (Å²) in [6.07, 6.45) is 5.01. The molecule has 4 heteroatoms. The van der Waals surface area contributed by atoms with Crippen molar-refractivity contribution in [2.45, 2.75) is 43.7 Å². The van der Waals surface area contributed by atoms with Gasteiger partial charge < -0.3 is 9.47 Å². The molecule has 0 saturated carbocycles. The van der Waals surface area contributed by atoms with Crippen LogP contribution in [0, 0.1) is 0 Å². The maximum absolute atomic E-state index is 5.81. The van der Waals surface area contributed by atoms with Crippen molar-refractivity contribution in [3.8, 4) is 0 Å². The Hall–Kier alpha value is -0.940. The maximum Gasteiger partial charge on any atom is 0.0888 e. The summed E-state index contributed by atoms with van der Waals surface area (Å²) in [4.78, 5) is 0. The molecule has 1 aromatic carbocycles. The van der Waals surface area contributed by atoms with Gasteiger partial charge in [-0.05, 0) is 24.8 Å². The second-order valence-corrected chi connectivity index (χ2v) is 5.48. The number of rotatable bonds is 7. The van der Waals surface area contributed by atoms with E-state index in [-0.39, 0.29) is 11.6 Å². The zero-order valence-corrected chi connectivity index (χ0v) is 12.3. The zero-order valence-electron chi connectivity index (χ0n) is 12.3. The minimum absolute atomic E-state index is 0.177. The van der Waals surface area contributed by atoms with Crippen molar-refractivity contribution >= 4 is 0 Å². The van der Waals surface area contributed by atoms with Crippen molar-refractivity contribution < 1.29 is 9.47 Å². The van der Waals surface area contributed by atoms with E-state index in [9.17, 15) is 0 Å². The van der Waals surface area contributed by atoms with Crippen LogP contribution in [0.15, 0.2) is 30.3 Å². The fourth-order valence-corrected chi connectivity index (χ4v) is 3.07. The molecular formula is C16H26N2O2. The fourth-order valence-electron chi connectivity index (χ4n) is 3.07. The Balaban J connectivity index is 1.87. The SMILES string of the molecule is COC1(C(CCCc2ccccc2)NN)CCOCC1. The van der Waals surface area contributed by atoms with Crippen LogP contribution in [-0.2, 0) is 15.9 Å². The first-order valence-corrected chi connectivity index (χ1v) is 7.44. The van der Waals surface area contributed by atoms with E-state index in [1.54, 1.807) is 7.11 Å². The van der Waals surface area contributed by atoms with Crippen LogP contribution in [0.1, 0.15) is 31.2 Å². The van der Waals surface area contributed by atoms with E-state index in [0.29, 0.717) is 0 Å². The van der Waals surface area contributed by atoms with Crippen LogP contribution in [0.5, 0.6) is 0 Å². The van der Waals surface area contributed by atoms with Crippen LogP contribution in [0.4, 0.5) is 0 Å². The van der Waals surface area contributed by atoms with Gasteiger partial charge in [0.1, 0.15) is 0 Å². The zero-order chi connectivity index (χ0) is 14.3. The molecule has 0 amide bonds. The van der Waals surface area contributed by atoms with Crippen LogP contribution in [0.3, 0.4) is 0 Å². The molecule has 1 atom stereocenters. The van der Waals surface area contributed by atoms with Crippen LogP contribution in [0.2, 0.25) is 0 Å². The topological polar surface area (TPSA) is 56.5 Å². The lowest BCUT2D eigenvalue weighted by atomic mass is 9.83. The first kappa shape index (κ1) is 15.4. The Labute approximate surface area is 121 Å². The summed E-state index contributed by atoms with van der Waals surface area (Å²) in [5, 5.41) is 0. The van der Waals surface area contributed by atoms with Gasteiger partial charge >= 0.3 is 0 Å². The molecule has 20 heavy (non-hydrogen) atoms. The van der Waals surface area contributed by atoms with Gasteiger partial charge in [0.2, 0.25) is 0 Å². The van der Waals surface area contributed by atoms with E-state index in [2.05, 4.69) is 35.8 Å². The van der Waals surface area contributed by atoms with E-state index in [1.165, 1.54) is 5.56 Å². The summed E-state index contributed by atoms with van der Waals surface area (Å²) < 4.78 is 11.3. The number of methoxy groups -OCH3 is 1. The lowest BCUT2D eigenvalue weighted by Crippen LogP contribution is -2.57. The second-order valence-electron chi connectivity index (χ2n) is 5.48. The highest BCUT2D eigenvalue weighted by Crippen LogP contribution is 2.30. The van der Waals surface area contributed by atoms with E-state index >= 15 is 0 Å². The number of benzene rings is 1. The third-order valence-electron chi connectivity index (χ3n) is 4.38. The average Bonchev–Trinajstić information content (AvgIpc) is 2.53. The number of hydrogen-bond donors (Lipinski definition) is 2. The van der Waals surface area contributed by atoms with Gasteiger partial charge in [-0.1, -0.05) is 30.3 Å². The minimum atomic E-state index is -0.177. The van der Waals surface area contributed by atoms with Gasteiger partial charge in [0.25, 0.3) is 0 Å². The van der Waals surface area contributed by atoms with Crippen molar-refractivity contribution in [1.29, 1.82) is 0 Å². The smallest absolute Gasteiger partial charge is 0.0888 e. The van der Waals surface area contributed by atoms with Gasteiger partial charge in [0.15, 0.2) is 0 Å². The summed E-state index contributed by atoms with van der Waals surface area (Å²) >= 11 is 0. The lowest BCUT2D eigenvalue weighted by Gasteiger charge is -2.42. The van der Waals surface area contributed by atoms with Gasteiger partial charge in [-0.25, -0.2) is 0 Å². The van der Waals surface area contributed by atoms with Crippen molar-refractivity contribution in [1.82, 2.24) is 5.43 Å². The van der Waals surface area contributed by atoms with Gasteiger partial charge in [0.05, 0.1) is 11.6 Å². The summed E-state index contributed by atoms with van der Waals surface area (Å²) in [6, 6.07) is 10.7. The highest BCUT2D eigenvalue weighted by molar-refractivity contribution is 5.14. The Morgan fingerprint density at radius 2 is 2.00 bits per heavy atom. The van der Waals surface area contributed by atoms with Crippen molar-refractivity contribution in [3.63, 3.8) is 0 Å². The first-order valence-electron chi connectivity index (χ1n) is 7.44. The molecular weight excluding hydrogens is 252 g/mol. The first-order chi connectivity index (χ1) is 9.80. The fraction of sp³-hybridized carbons (Fsp3) is 0.625. The third-order valence-corrected chi connectivity index (χ3v) is 4.38. The predicted octanol–water partition coefficient (Wildman–Crippen LogP) is 2.04. The number of hydrazine groups is 1. The summed E-state index contributed by atoms with van der Waals surface area (Å²) in [5.74, 6) is 5.77. The molecule has 4 nitrogen and oxygen atoms in total. The van der Waals surface area contributed by atoms with Crippen LogP contribution >= 0.6 is 0 Å². The standard InChI is InChI=1S/C16H26N2O2/c1-19-16(10-12-20-13-11-16)15(18-17)9-5-8-14-6-3-2-4-7-14/h2-4,6-7,15,18H,5,8-13,17H2,1H3. The molecule has 0 spiro atoms. The Kier molecular flexibility index (Phi) is 5.98. The number of nitrogens with two attached hydrogens (primary N) is 1. The maximum atomic E-state index is 5.81. The monoisotopic (exact) mass is 278 g/mol. The van der Waals surface area contributed by atoms with Crippen molar-refractivity contribution in [2.24, 2.45) is 5.84 Å². The van der Waals surface area contributed by atoms with E-state index in [4.69, 9.17) is 15.3 Å². The van der Waals surface area contributed by atoms with Crippen LogP contribution in [-0.4, -0.2) is 32.0 Å². The second kappa shape index (κ2) is 7.74. The molecule has 1 unspecified atom stereocenters. The summed E-state index contributed by atoms with van der Waals surface area (Å²) in [7, 11) is 1.78. The van der Waals surface area contributed by atoms with E-state index < -0.39 is 0 Å². The molecule has 1 heterocycles. The van der Waals surface area contributed by atoms with Gasteiger partial charge in [-0.2, -0.15) is 0 Å². The summed E-state index contributed by atoms with van der Waals surface area (Å²) in [6.45, 7) is 1.51. The Bertz CT molecular complexity index is 377. The van der Waals surface area contributed by atoms with Crippen LogP contribution in [0.25, 0.3) is 0 Å². The highest BCUT2D eigenvalue weighted by Gasteiger charge is 2.39. The van der Waals surface area contributed by atoms with Gasteiger partial charge in [0, 0.05) is 33.2 Å². The number of aryl methyl sites for hydroxylation is 1. The molecule has 112 valence electrons. The molecule has 1 aromatic rings. The Morgan fingerprint density at radius 3 is 2.60 bits per heavy atom. The quantitative estimate of drug-likeness (QED) is 0.592. The average molecular weight is 278 g/mol. The molecule has 0 bridgehead atoms. The molecule has 1 saturated heterocycles. The third kappa shape index (κ3) is 3.79. The molecule has 0 radical (unpaired) electrons. The normalized spacial score (nSPS) is 19.7. The van der Waals surface area contributed by atoms with Crippen molar-refractivity contribution in [3.05, 3.63) is 35.9 Å². The van der Waals surface area contributed by atoms with Gasteiger partial charge in [-0.3, -0.25) is 11.3 Å². The predicted molar refractivity (Wildman–Crippen MR) is 80.3 cm³/mol. The van der Waals surface area contributed by atoms with Crippen LogP contribution < -0.4 is 11.3 Å². The lowest BCUT2D eigenvalue weighted by molar-refractivity contribution is -0.112. The molecule has 1 fully saturated rings. The number of ether oxygens (including phenoxy) is 2. The Morgan fingerprint density at radius 1 is 1.30 bits per heavy atom. The minimum Gasteiger partial charge on any atom is -0.381 e. The van der Waals surface area contributed by atoms with Gasteiger partial charge in [-0.15, -0.1) is 0 Å². The highest BCUT2D eigenvalue weighted by atomic mass is 16.5. The molecule has 3 N–H and O–H groups in total. The van der Waals surface area contributed by atoms with E-state index in [0.717, 1.165) is 45.3 Å². The molecule has 0 aliphatic carbocycles. The van der Waals surface area contributed by atoms with Crippen molar-refractivity contribution in [2.75, 3.05) is 20.3 Å². The molecule has 1 aliphatic heterocycles. The molecule has 1 aliphatic rings. The van der Waals surface area contributed by atoms with E-state index in [1.807, 2.05) is 0 Å². The molecule has 2 rings (SSSR count).